The summed E-state index contributed by atoms with van der Waals surface area (Å²) < 4.78 is 41.4. The number of aromatic nitrogens is 2. The number of amides is 3. The first-order chi connectivity index (χ1) is 21.5. The second kappa shape index (κ2) is 14.8. The van der Waals surface area contributed by atoms with Gasteiger partial charge in [-0.3, -0.25) is 14.4 Å². The number of rotatable bonds is 13. The summed E-state index contributed by atoms with van der Waals surface area (Å²) in [7, 11) is 1.40. The van der Waals surface area contributed by atoms with E-state index < -0.39 is 35.6 Å². The molecule has 2 atom stereocenters. The Morgan fingerprint density at radius 2 is 1.89 bits per heavy atom. The third kappa shape index (κ3) is 7.95. The lowest BCUT2D eigenvalue weighted by Crippen LogP contribution is -2.55. The summed E-state index contributed by atoms with van der Waals surface area (Å²) in [5, 5.41) is 6.14. The summed E-state index contributed by atoms with van der Waals surface area (Å²) in [5.41, 5.74) is 12.8. The normalized spacial score (nSPS) is 12.9. The van der Waals surface area contributed by atoms with E-state index in [0.717, 1.165) is 40.4 Å². The van der Waals surface area contributed by atoms with Crippen LogP contribution in [0.25, 0.3) is 10.9 Å². The van der Waals surface area contributed by atoms with Gasteiger partial charge in [-0.15, -0.1) is 0 Å². The Balaban J connectivity index is 1.68. The number of fused-ring (bicyclic) bond motifs is 1. The molecule has 0 aliphatic carbocycles. The minimum absolute atomic E-state index is 0.0508. The molecule has 4 aromatic rings. The van der Waals surface area contributed by atoms with E-state index in [1.807, 2.05) is 24.3 Å². The van der Waals surface area contributed by atoms with Crippen LogP contribution >= 0.6 is 23.4 Å². The van der Waals surface area contributed by atoms with E-state index in [-0.39, 0.29) is 41.5 Å². The smallest absolute Gasteiger partial charge is 0.361 e. The number of hydrogen-bond donors (Lipinski definition) is 5. The van der Waals surface area contributed by atoms with Crippen LogP contribution in [0, 0.1) is 0 Å². The quantitative estimate of drug-likeness (QED) is 0.137. The summed E-state index contributed by atoms with van der Waals surface area (Å²) >= 11 is 7.43. The standard InChI is InChI=1S/C30H31ClF3N7O3S/c1-41(29(44)24(13-36)40-16-42)25(10-18-14-38-23-7-3-2-6-21(18)23)27(43)39-15-19-9-20(30(32,33)34)11-22(31)26(19)45-28-17(12-35)5-4-8-37-28/h2-9,11,14,16,24-25,38H,10,12-13,15,35-36H2,1H3,(H,39,43)(H,40,42)/t24-,25-/m0/s1. The molecule has 0 fully saturated rings. The van der Waals surface area contributed by atoms with E-state index in [0.29, 0.717) is 17.0 Å². The Morgan fingerprint density at radius 3 is 2.58 bits per heavy atom. The van der Waals surface area contributed by atoms with Gasteiger partial charge in [0.05, 0.1) is 10.6 Å². The number of nitrogens with zero attached hydrogens (tertiary/aromatic N) is 2. The van der Waals surface area contributed by atoms with Crippen LogP contribution in [-0.4, -0.2) is 58.8 Å². The van der Waals surface area contributed by atoms with E-state index in [1.165, 1.54) is 18.1 Å². The molecule has 10 nitrogen and oxygen atoms in total. The number of aromatic amines is 1. The van der Waals surface area contributed by atoms with Crippen LogP contribution in [0.5, 0.6) is 0 Å². The molecule has 0 unspecified atom stereocenters. The lowest BCUT2D eigenvalue weighted by molar-refractivity contribution is -0.141. The van der Waals surface area contributed by atoms with Crippen molar-refractivity contribution in [2.75, 3.05) is 13.6 Å². The lowest BCUT2D eigenvalue weighted by Gasteiger charge is -2.30. The Bertz CT molecular complexity index is 1680. The molecule has 238 valence electrons. The molecular formula is C30H31ClF3N7O3S. The van der Waals surface area contributed by atoms with Gasteiger partial charge in [0.2, 0.25) is 18.2 Å². The number of halogens is 4. The predicted molar refractivity (Wildman–Crippen MR) is 165 cm³/mol. The maximum Gasteiger partial charge on any atom is 0.416 e. The summed E-state index contributed by atoms with van der Waals surface area (Å²) in [4.78, 5) is 47.0. The number of likely N-dealkylation sites (N-methyl/N-ethyl adjacent to an activating group) is 1. The second-order valence-electron chi connectivity index (χ2n) is 10.0. The van der Waals surface area contributed by atoms with Crippen molar-refractivity contribution in [3.05, 3.63) is 88.2 Å². The molecule has 0 aliphatic heterocycles. The van der Waals surface area contributed by atoms with Gasteiger partial charge in [0.15, 0.2) is 0 Å². The number of carbonyl (C=O) groups is 3. The average Bonchev–Trinajstić information content (AvgIpc) is 3.44. The molecular weight excluding hydrogens is 631 g/mol. The van der Waals surface area contributed by atoms with Gasteiger partial charge in [0.1, 0.15) is 17.1 Å². The SMILES string of the molecule is CN(C(=O)[C@H](CN)NC=O)[C@@H](Cc1c[nH]c2ccccc12)C(=O)NCc1cc(C(F)(F)F)cc(Cl)c1Sc1ncccc1CN. The molecule has 7 N–H and O–H groups in total. The fourth-order valence-corrected chi connectivity index (χ4v) is 6.13. The first-order valence-electron chi connectivity index (χ1n) is 13.7. The summed E-state index contributed by atoms with van der Waals surface area (Å²) in [6, 6.07) is 10.3. The van der Waals surface area contributed by atoms with Crippen molar-refractivity contribution in [2.24, 2.45) is 11.5 Å². The maximum absolute atomic E-state index is 13.8. The minimum atomic E-state index is -4.70. The monoisotopic (exact) mass is 661 g/mol. The van der Waals surface area contributed by atoms with Crippen molar-refractivity contribution in [2.45, 2.75) is 47.7 Å². The summed E-state index contributed by atoms with van der Waals surface area (Å²) in [5.74, 6) is -1.27. The molecule has 2 aromatic heterocycles. The molecule has 0 bridgehead atoms. The van der Waals surface area contributed by atoms with E-state index >= 15 is 0 Å². The molecule has 0 saturated heterocycles. The second-order valence-corrected chi connectivity index (χ2v) is 11.4. The molecule has 45 heavy (non-hydrogen) atoms. The van der Waals surface area contributed by atoms with Crippen molar-refractivity contribution >= 4 is 52.5 Å². The van der Waals surface area contributed by atoms with Crippen LogP contribution < -0.4 is 22.1 Å². The molecule has 0 saturated carbocycles. The Morgan fingerprint density at radius 1 is 1.13 bits per heavy atom. The predicted octanol–water partition coefficient (Wildman–Crippen LogP) is 3.60. The molecule has 15 heteroatoms. The average molecular weight is 662 g/mol. The van der Waals surface area contributed by atoms with Crippen LogP contribution in [0.2, 0.25) is 5.02 Å². The van der Waals surface area contributed by atoms with E-state index in [9.17, 15) is 27.6 Å². The van der Waals surface area contributed by atoms with Crippen LogP contribution in [0.15, 0.2) is 70.8 Å². The van der Waals surface area contributed by atoms with E-state index in [2.05, 4.69) is 20.6 Å². The van der Waals surface area contributed by atoms with Crippen molar-refractivity contribution in [3.63, 3.8) is 0 Å². The highest BCUT2D eigenvalue weighted by Gasteiger charge is 2.34. The van der Waals surface area contributed by atoms with Gasteiger partial charge >= 0.3 is 6.18 Å². The van der Waals surface area contributed by atoms with E-state index in [4.69, 9.17) is 23.1 Å². The van der Waals surface area contributed by atoms with Crippen LogP contribution in [0.3, 0.4) is 0 Å². The Labute approximate surface area is 266 Å². The first kappa shape index (κ1) is 33.8. The van der Waals surface area contributed by atoms with Crippen molar-refractivity contribution in [3.8, 4) is 0 Å². The number of H-pyrrole nitrogens is 1. The molecule has 3 amide bonds. The largest absolute Gasteiger partial charge is 0.416 e. The fraction of sp³-hybridized carbons (Fsp3) is 0.267. The first-order valence-corrected chi connectivity index (χ1v) is 14.9. The number of nitrogens with two attached hydrogens (primary N) is 2. The van der Waals surface area contributed by atoms with Crippen LogP contribution in [0.4, 0.5) is 13.2 Å². The van der Waals surface area contributed by atoms with Crippen LogP contribution in [-0.2, 0) is 40.1 Å². The summed E-state index contributed by atoms with van der Waals surface area (Å²) in [6.07, 6.45) is -1.07. The number of hydrogen-bond acceptors (Lipinski definition) is 7. The number of para-hydroxylation sites is 1. The third-order valence-electron chi connectivity index (χ3n) is 7.18. The van der Waals surface area contributed by atoms with Crippen molar-refractivity contribution in [1.82, 2.24) is 25.5 Å². The number of benzene rings is 2. The van der Waals surface area contributed by atoms with E-state index in [1.54, 1.807) is 18.3 Å². The van der Waals surface area contributed by atoms with Gasteiger partial charge in [-0.1, -0.05) is 47.6 Å². The van der Waals surface area contributed by atoms with Crippen molar-refractivity contribution in [1.29, 1.82) is 0 Å². The maximum atomic E-state index is 13.8. The molecule has 0 aliphatic rings. The molecule has 0 radical (unpaired) electrons. The zero-order valence-corrected chi connectivity index (χ0v) is 25.6. The molecule has 2 heterocycles. The highest BCUT2D eigenvalue weighted by Crippen LogP contribution is 2.41. The van der Waals surface area contributed by atoms with Crippen LogP contribution in [0.1, 0.15) is 22.3 Å². The number of carbonyl (C=O) groups excluding carboxylic acids is 3. The minimum Gasteiger partial charge on any atom is -0.361 e. The number of nitrogens with one attached hydrogen (secondary N) is 3. The van der Waals surface area contributed by atoms with Crippen molar-refractivity contribution < 1.29 is 27.6 Å². The Kier molecular flexibility index (Phi) is 11.1. The van der Waals surface area contributed by atoms with Gasteiger partial charge in [-0.2, -0.15) is 13.2 Å². The van der Waals surface area contributed by atoms with Gasteiger partial charge in [-0.05, 0) is 41.0 Å². The zero-order valence-electron chi connectivity index (χ0n) is 24.0. The Hall–Kier alpha value is -4.11. The molecule has 4 rings (SSSR count). The number of alkyl halides is 3. The third-order valence-corrected chi connectivity index (χ3v) is 8.84. The fourth-order valence-electron chi connectivity index (χ4n) is 4.76. The topological polar surface area (TPSA) is 159 Å². The highest BCUT2D eigenvalue weighted by molar-refractivity contribution is 7.99. The van der Waals surface area contributed by atoms with Gasteiger partial charge in [0, 0.05) is 61.3 Å². The molecule has 0 spiro atoms. The van der Waals surface area contributed by atoms with Gasteiger partial charge in [0.25, 0.3) is 0 Å². The number of pyridine rings is 1. The van der Waals surface area contributed by atoms with Gasteiger partial charge in [-0.25, -0.2) is 4.98 Å². The summed E-state index contributed by atoms with van der Waals surface area (Å²) in [6.45, 7) is -0.432. The highest BCUT2D eigenvalue weighted by atomic mass is 35.5. The lowest BCUT2D eigenvalue weighted by atomic mass is 10.0. The molecule has 2 aromatic carbocycles. The zero-order chi connectivity index (χ0) is 32.7. The van der Waals surface area contributed by atoms with Gasteiger partial charge < -0.3 is 32.0 Å².